The van der Waals surface area contributed by atoms with Crippen LogP contribution in [0.4, 0.5) is 0 Å². The van der Waals surface area contributed by atoms with Gasteiger partial charge in [-0.1, -0.05) is 23.7 Å². The number of halogens is 1. The van der Waals surface area contributed by atoms with Crippen molar-refractivity contribution >= 4 is 29.4 Å². The number of methoxy groups -OCH3 is 1. The molecule has 138 valence electrons. The number of esters is 1. The summed E-state index contributed by atoms with van der Waals surface area (Å²) < 4.78 is 9.69. The second-order valence-corrected chi connectivity index (χ2v) is 6.03. The van der Waals surface area contributed by atoms with Gasteiger partial charge in [-0.3, -0.25) is 14.4 Å². The molecule has 1 aromatic carbocycles. The lowest BCUT2D eigenvalue weighted by Crippen LogP contribution is -2.43. The van der Waals surface area contributed by atoms with Crippen molar-refractivity contribution in [2.45, 2.75) is 6.54 Å². The van der Waals surface area contributed by atoms with Crippen molar-refractivity contribution < 1.29 is 23.5 Å². The van der Waals surface area contributed by atoms with Crippen LogP contribution in [0.25, 0.3) is 0 Å². The average molecular weight is 379 g/mol. The van der Waals surface area contributed by atoms with Crippen LogP contribution in [0.5, 0.6) is 0 Å². The summed E-state index contributed by atoms with van der Waals surface area (Å²) >= 11 is 5.86. The predicted octanol–water partition coefficient (Wildman–Crippen LogP) is 2.21. The van der Waals surface area contributed by atoms with Gasteiger partial charge in [0, 0.05) is 18.6 Å². The highest BCUT2D eigenvalue weighted by molar-refractivity contribution is 6.30. The molecule has 0 aliphatic rings. The minimum absolute atomic E-state index is 0.137. The van der Waals surface area contributed by atoms with Gasteiger partial charge in [0.25, 0.3) is 5.91 Å². The zero-order valence-electron chi connectivity index (χ0n) is 14.5. The standard InChI is InChI=1S/C18H19ClN2O5/c1-20(18(24)15-4-3-9-26-15)11-16(22)21(12-17(23)25-2)10-13-5-7-14(19)8-6-13/h3-9H,10-12H2,1-2H3. The molecule has 2 rings (SSSR count). The predicted molar refractivity (Wildman–Crippen MR) is 94.6 cm³/mol. The summed E-state index contributed by atoms with van der Waals surface area (Å²) in [6, 6.07) is 10.0. The van der Waals surface area contributed by atoms with Crippen LogP contribution in [-0.2, 0) is 20.9 Å². The Morgan fingerprint density at radius 2 is 1.81 bits per heavy atom. The molecular weight excluding hydrogens is 360 g/mol. The topological polar surface area (TPSA) is 80.1 Å². The first-order valence-corrected chi connectivity index (χ1v) is 8.16. The Morgan fingerprint density at radius 3 is 2.38 bits per heavy atom. The molecule has 26 heavy (non-hydrogen) atoms. The van der Waals surface area contributed by atoms with Crippen LogP contribution in [-0.4, -0.2) is 54.8 Å². The van der Waals surface area contributed by atoms with Gasteiger partial charge in [0.05, 0.1) is 19.9 Å². The number of nitrogens with zero attached hydrogens (tertiary/aromatic N) is 2. The number of carbonyl (C=O) groups is 3. The molecule has 0 radical (unpaired) electrons. The first-order chi connectivity index (χ1) is 12.4. The molecule has 0 fully saturated rings. The van der Waals surface area contributed by atoms with Gasteiger partial charge >= 0.3 is 5.97 Å². The lowest BCUT2D eigenvalue weighted by Gasteiger charge is -2.24. The molecule has 0 saturated heterocycles. The normalized spacial score (nSPS) is 10.3. The number of benzene rings is 1. The van der Waals surface area contributed by atoms with Crippen LogP contribution in [0.2, 0.25) is 5.02 Å². The van der Waals surface area contributed by atoms with E-state index in [9.17, 15) is 14.4 Å². The molecule has 0 saturated carbocycles. The van der Waals surface area contributed by atoms with E-state index >= 15 is 0 Å². The molecule has 0 unspecified atom stereocenters. The van der Waals surface area contributed by atoms with Crippen LogP contribution in [0.15, 0.2) is 47.1 Å². The summed E-state index contributed by atoms with van der Waals surface area (Å²) in [5.41, 5.74) is 0.798. The zero-order valence-corrected chi connectivity index (χ0v) is 15.2. The lowest BCUT2D eigenvalue weighted by molar-refractivity contribution is -0.147. The van der Waals surface area contributed by atoms with Crippen molar-refractivity contribution in [1.82, 2.24) is 9.80 Å². The second kappa shape index (κ2) is 9.05. The van der Waals surface area contributed by atoms with Crippen molar-refractivity contribution in [3.8, 4) is 0 Å². The number of ether oxygens (including phenoxy) is 1. The number of carbonyl (C=O) groups excluding carboxylic acids is 3. The number of hydrogen-bond donors (Lipinski definition) is 0. The van der Waals surface area contributed by atoms with Gasteiger partial charge in [0.1, 0.15) is 6.54 Å². The van der Waals surface area contributed by atoms with Gasteiger partial charge in [-0.15, -0.1) is 0 Å². The molecule has 0 bridgehead atoms. The van der Waals surface area contributed by atoms with Gasteiger partial charge < -0.3 is 19.0 Å². The maximum atomic E-state index is 12.6. The molecular formula is C18H19ClN2O5. The van der Waals surface area contributed by atoms with Gasteiger partial charge in [0.2, 0.25) is 5.91 Å². The molecule has 0 N–H and O–H groups in total. The van der Waals surface area contributed by atoms with Gasteiger partial charge in [-0.2, -0.15) is 0 Å². The molecule has 2 amide bonds. The highest BCUT2D eigenvalue weighted by atomic mass is 35.5. The molecule has 8 heteroatoms. The summed E-state index contributed by atoms with van der Waals surface area (Å²) in [5, 5.41) is 0.573. The molecule has 0 spiro atoms. The van der Waals surface area contributed by atoms with E-state index in [4.69, 9.17) is 16.0 Å². The fraction of sp³-hybridized carbons (Fsp3) is 0.278. The molecule has 0 aliphatic carbocycles. The number of amides is 2. The summed E-state index contributed by atoms with van der Waals surface area (Å²) in [6.07, 6.45) is 1.38. The minimum Gasteiger partial charge on any atom is -0.468 e. The van der Waals surface area contributed by atoms with E-state index in [0.717, 1.165) is 5.56 Å². The Morgan fingerprint density at radius 1 is 1.12 bits per heavy atom. The summed E-state index contributed by atoms with van der Waals surface area (Å²) in [5.74, 6) is -1.23. The first kappa shape index (κ1) is 19.5. The van der Waals surface area contributed by atoms with Crippen molar-refractivity contribution in [1.29, 1.82) is 0 Å². The lowest BCUT2D eigenvalue weighted by atomic mass is 10.2. The minimum atomic E-state index is -0.549. The summed E-state index contributed by atoms with van der Waals surface area (Å²) in [7, 11) is 2.74. The fourth-order valence-corrected chi connectivity index (χ4v) is 2.35. The second-order valence-electron chi connectivity index (χ2n) is 5.59. The third kappa shape index (κ3) is 5.35. The summed E-state index contributed by atoms with van der Waals surface area (Å²) in [6.45, 7) is -0.237. The molecule has 7 nitrogen and oxygen atoms in total. The molecule has 0 atom stereocenters. The highest BCUT2D eigenvalue weighted by Gasteiger charge is 2.23. The SMILES string of the molecule is COC(=O)CN(Cc1ccc(Cl)cc1)C(=O)CN(C)C(=O)c1ccco1. The molecule has 0 aliphatic heterocycles. The maximum Gasteiger partial charge on any atom is 0.325 e. The van der Waals surface area contributed by atoms with Crippen molar-refractivity contribution in [2.24, 2.45) is 0 Å². The third-order valence-electron chi connectivity index (χ3n) is 3.64. The smallest absolute Gasteiger partial charge is 0.325 e. The van der Waals surface area contributed by atoms with E-state index in [-0.39, 0.29) is 25.4 Å². The van der Waals surface area contributed by atoms with E-state index in [1.807, 2.05) is 0 Å². The fourth-order valence-electron chi connectivity index (χ4n) is 2.23. The van der Waals surface area contributed by atoms with Crippen molar-refractivity contribution in [3.63, 3.8) is 0 Å². The highest BCUT2D eigenvalue weighted by Crippen LogP contribution is 2.12. The van der Waals surface area contributed by atoms with Crippen LogP contribution in [0.3, 0.4) is 0 Å². The van der Waals surface area contributed by atoms with Crippen LogP contribution in [0.1, 0.15) is 16.1 Å². The van der Waals surface area contributed by atoms with Crippen LogP contribution >= 0.6 is 11.6 Å². The van der Waals surface area contributed by atoms with E-state index < -0.39 is 17.8 Å². The largest absolute Gasteiger partial charge is 0.468 e. The van der Waals surface area contributed by atoms with Crippen LogP contribution in [0, 0.1) is 0 Å². The molecule has 1 aromatic heterocycles. The molecule has 2 aromatic rings. The van der Waals surface area contributed by atoms with E-state index in [2.05, 4.69) is 4.74 Å². The monoisotopic (exact) mass is 378 g/mol. The quantitative estimate of drug-likeness (QED) is 0.690. The maximum absolute atomic E-state index is 12.6. The van der Waals surface area contributed by atoms with Crippen molar-refractivity contribution in [2.75, 3.05) is 27.2 Å². The number of likely N-dealkylation sites (N-methyl/N-ethyl adjacent to an activating group) is 1. The number of rotatable bonds is 7. The van der Waals surface area contributed by atoms with Gasteiger partial charge in [-0.25, -0.2) is 0 Å². The van der Waals surface area contributed by atoms with E-state index in [0.29, 0.717) is 5.02 Å². The Kier molecular flexibility index (Phi) is 6.80. The van der Waals surface area contributed by atoms with Crippen molar-refractivity contribution in [3.05, 3.63) is 59.0 Å². The Labute approximate surface area is 156 Å². The van der Waals surface area contributed by atoms with E-state index in [1.165, 1.54) is 36.3 Å². The third-order valence-corrected chi connectivity index (χ3v) is 3.89. The van der Waals surface area contributed by atoms with Gasteiger partial charge in [-0.05, 0) is 29.8 Å². The Hall–Kier alpha value is -2.80. The van der Waals surface area contributed by atoms with Gasteiger partial charge in [0.15, 0.2) is 5.76 Å². The average Bonchev–Trinajstić information content (AvgIpc) is 3.16. The number of furan rings is 1. The number of hydrogen-bond acceptors (Lipinski definition) is 5. The summed E-state index contributed by atoms with van der Waals surface area (Å²) in [4.78, 5) is 39.0. The molecule has 1 heterocycles. The zero-order chi connectivity index (χ0) is 19.1. The van der Waals surface area contributed by atoms with Crippen LogP contribution < -0.4 is 0 Å². The van der Waals surface area contributed by atoms with E-state index in [1.54, 1.807) is 30.3 Å². The first-order valence-electron chi connectivity index (χ1n) is 7.78. The Balaban J connectivity index is 2.07. The Bertz CT molecular complexity index is 758.